The van der Waals surface area contributed by atoms with Gasteiger partial charge in [0.1, 0.15) is 29.9 Å². The van der Waals surface area contributed by atoms with Gasteiger partial charge in [0, 0.05) is 0 Å². The fourth-order valence-corrected chi connectivity index (χ4v) is 3.77. The third kappa shape index (κ3) is 8.62. The summed E-state index contributed by atoms with van der Waals surface area (Å²) in [6.07, 6.45) is 0. The quantitative estimate of drug-likeness (QED) is 0.326. The summed E-state index contributed by atoms with van der Waals surface area (Å²) in [6, 6.07) is 11.5. The number of sulfonamides is 1. The predicted octanol–water partition coefficient (Wildman–Crippen LogP) is 1.50. The lowest BCUT2D eigenvalue weighted by atomic mass is 10.3. The molecular formula is C22H28N2O8S. The molecule has 2 aromatic rings. The van der Waals surface area contributed by atoms with Gasteiger partial charge in [0.15, 0.2) is 6.61 Å². The third-order valence-electron chi connectivity index (χ3n) is 4.23. The van der Waals surface area contributed by atoms with Gasteiger partial charge in [-0.05, 0) is 62.4 Å². The van der Waals surface area contributed by atoms with E-state index in [9.17, 15) is 18.0 Å². The molecule has 0 heterocycles. The lowest BCUT2D eigenvalue weighted by Crippen LogP contribution is -2.41. The largest absolute Gasteiger partial charge is 0.497 e. The molecule has 2 aromatic carbocycles. The molecule has 0 aliphatic rings. The van der Waals surface area contributed by atoms with Gasteiger partial charge in [-0.2, -0.15) is 4.72 Å². The highest BCUT2D eigenvalue weighted by atomic mass is 32.2. The molecule has 1 amide bonds. The Morgan fingerprint density at radius 3 is 2.09 bits per heavy atom. The fraction of sp³-hybridized carbons (Fsp3) is 0.364. The molecule has 33 heavy (non-hydrogen) atoms. The van der Waals surface area contributed by atoms with Crippen molar-refractivity contribution < 1.29 is 37.0 Å². The van der Waals surface area contributed by atoms with E-state index in [1.165, 1.54) is 38.3 Å². The first-order valence-corrected chi connectivity index (χ1v) is 11.7. The van der Waals surface area contributed by atoms with Crippen LogP contribution in [0.25, 0.3) is 0 Å². The molecule has 0 aliphatic heterocycles. The van der Waals surface area contributed by atoms with Crippen molar-refractivity contribution >= 4 is 21.9 Å². The van der Waals surface area contributed by atoms with Crippen LogP contribution in [0.2, 0.25) is 0 Å². The number of methoxy groups -OCH3 is 1. The molecule has 0 unspecified atom stereocenters. The molecule has 0 radical (unpaired) electrons. The van der Waals surface area contributed by atoms with Crippen molar-refractivity contribution in [2.45, 2.75) is 24.8 Å². The molecular weight excluding hydrogens is 452 g/mol. The highest BCUT2D eigenvalue weighted by Gasteiger charge is 2.23. The van der Waals surface area contributed by atoms with Gasteiger partial charge in [-0.3, -0.25) is 9.59 Å². The molecule has 0 bridgehead atoms. The molecule has 0 fully saturated rings. The van der Waals surface area contributed by atoms with Crippen LogP contribution >= 0.6 is 0 Å². The van der Waals surface area contributed by atoms with Gasteiger partial charge in [0.2, 0.25) is 10.0 Å². The number of carbonyl (C=O) groups excluding carboxylic acids is 2. The summed E-state index contributed by atoms with van der Waals surface area (Å²) in [4.78, 5) is 23.9. The van der Waals surface area contributed by atoms with Crippen LogP contribution in [0.1, 0.15) is 13.8 Å². The van der Waals surface area contributed by atoms with E-state index in [1.807, 2.05) is 6.92 Å². The maximum absolute atomic E-state index is 12.4. The standard InChI is InChI=1S/C22H28N2O8S/c1-4-30-18-5-7-19(8-6-18)31-14-13-23-21(25)15-32-22(26)16(2)24-33(27,28)20-11-9-17(29-3)10-12-20/h5-12,16,24H,4,13-15H2,1-3H3,(H,23,25)/t16-/m0/s1. The van der Waals surface area contributed by atoms with Gasteiger partial charge in [-0.1, -0.05) is 0 Å². The number of amides is 1. The average molecular weight is 481 g/mol. The SMILES string of the molecule is CCOc1ccc(OCCNC(=O)COC(=O)[C@H](C)NS(=O)(=O)c2ccc(OC)cc2)cc1. The number of nitrogens with one attached hydrogen (secondary N) is 2. The van der Waals surface area contributed by atoms with E-state index in [2.05, 4.69) is 10.0 Å². The Balaban J connectivity index is 1.69. The Bertz CT molecular complexity index is 1010. The van der Waals surface area contributed by atoms with E-state index in [4.69, 9.17) is 18.9 Å². The minimum Gasteiger partial charge on any atom is -0.497 e. The zero-order chi connectivity index (χ0) is 24.3. The maximum atomic E-state index is 12.4. The number of ether oxygens (including phenoxy) is 4. The summed E-state index contributed by atoms with van der Waals surface area (Å²) in [7, 11) is -2.49. The van der Waals surface area contributed by atoms with Crippen molar-refractivity contribution in [1.82, 2.24) is 10.0 Å². The lowest BCUT2D eigenvalue weighted by Gasteiger charge is -2.14. The Labute approximate surface area is 193 Å². The molecule has 0 aliphatic carbocycles. The Hall–Kier alpha value is -3.31. The zero-order valence-corrected chi connectivity index (χ0v) is 19.5. The van der Waals surface area contributed by atoms with Crippen LogP contribution in [-0.2, 0) is 24.3 Å². The van der Waals surface area contributed by atoms with Crippen LogP contribution in [0.4, 0.5) is 0 Å². The molecule has 10 nitrogen and oxygen atoms in total. The summed E-state index contributed by atoms with van der Waals surface area (Å²) in [5, 5.41) is 2.55. The molecule has 180 valence electrons. The number of rotatable bonds is 13. The highest BCUT2D eigenvalue weighted by Crippen LogP contribution is 2.17. The normalized spacial score (nSPS) is 11.8. The first-order chi connectivity index (χ1) is 15.7. The van der Waals surface area contributed by atoms with E-state index < -0.39 is 34.5 Å². The first-order valence-electron chi connectivity index (χ1n) is 10.2. The number of carbonyl (C=O) groups is 2. The summed E-state index contributed by atoms with van der Waals surface area (Å²) in [5.74, 6) is 0.437. The summed E-state index contributed by atoms with van der Waals surface area (Å²) >= 11 is 0. The smallest absolute Gasteiger partial charge is 0.324 e. The third-order valence-corrected chi connectivity index (χ3v) is 5.79. The van der Waals surface area contributed by atoms with Gasteiger partial charge < -0.3 is 24.3 Å². The van der Waals surface area contributed by atoms with E-state index in [1.54, 1.807) is 24.3 Å². The zero-order valence-electron chi connectivity index (χ0n) is 18.7. The van der Waals surface area contributed by atoms with Gasteiger partial charge in [-0.25, -0.2) is 8.42 Å². The van der Waals surface area contributed by atoms with E-state index in [0.29, 0.717) is 18.1 Å². The maximum Gasteiger partial charge on any atom is 0.324 e. The Morgan fingerprint density at radius 1 is 0.939 bits per heavy atom. The monoisotopic (exact) mass is 480 g/mol. The lowest BCUT2D eigenvalue weighted by molar-refractivity contribution is -0.149. The first kappa shape index (κ1) is 25.9. The van der Waals surface area contributed by atoms with E-state index >= 15 is 0 Å². The molecule has 2 rings (SSSR count). The van der Waals surface area contributed by atoms with Crippen LogP contribution < -0.4 is 24.2 Å². The molecule has 0 saturated heterocycles. The number of benzene rings is 2. The number of esters is 1. The van der Waals surface area contributed by atoms with Crippen molar-refractivity contribution in [1.29, 1.82) is 0 Å². The second-order valence-electron chi connectivity index (χ2n) is 6.73. The topological polar surface area (TPSA) is 129 Å². The minimum absolute atomic E-state index is 0.0341. The van der Waals surface area contributed by atoms with Crippen molar-refractivity contribution in [3.05, 3.63) is 48.5 Å². The van der Waals surface area contributed by atoms with Crippen molar-refractivity contribution in [3.63, 3.8) is 0 Å². The Kier molecular flexibility index (Phi) is 9.95. The second kappa shape index (κ2) is 12.7. The minimum atomic E-state index is -3.95. The number of hydrogen-bond acceptors (Lipinski definition) is 8. The summed E-state index contributed by atoms with van der Waals surface area (Å²) < 4.78 is 47.7. The average Bonchev–Trinajstić information content (AvgIpc) is 2.81. The van der Waals surface area contributed by atoms with E-state index in [0.717, 1.165) is 5.75 Å². The van der Waals surface area contributed by atoms with Crippen molar-refractivity contribution in [2.24, 2.45) is 0 Å². The molecule has 0 spiro atoms. The molecule has 2 N–H and O–H groups in total. The fourth-order valence-electron chi connectivity index (χ4n) is 2.57. The highest BCUT2D eigenvalue weighted by molar-refractivity contribution is 7.89. The summed E-state index contributed by atoms with van der Waals surface area (Å²) in [6.45, 7) is 3.66. The van der Waals surface area contributed by atoms with Gasteiger partial charge in [0.05, 0.1) is 25.2 Å². The Morgan fingerprint density at radius 2 is 1.52 bits per heavy atom. The van der Waals surface area contributed by atoms with Crippen LogP contribution in [-0.4, -0.2) is 59.8 Å². The van der Waals surface area contributed by atoms with Crippen LogP contribution in [0.15, 0.2) is 53.4 Å². The van der Waals surface area contributed by atoms with Crippen LogP contribution in [0, 0.1) is 0 Å². The molecule has 1 atom stereocenters. The van der Waals surface area contributed by atoms with Crippen LogP contribution in [0.5, 0.6) is 17.2 Å². The predicted molar refractivity (Wildman–Crippen MR) is 120 cm³/mol. The molecule has 0 saturated carbocycles. The van der Waals surface area contributed by atoms with Crippen molar-refractivity contribution in [2.75, 3.05) is 33.5 Å². The van der Waals surface area contributed by atoms with Crippen LogP contribution in [0.3, 0.4) is 0 Å². The second-order valence-corrected chi connectivity index (χ2v) is 8.44. The number of hydrogen-bond donors (Lipinski definition) is 2. The van der Waals surface area contributed by atoms with Gasteiger partial charge in [-0.15, -0.1) is 0 Å². The van der Waals surface area contributed by atoms with Gasteiger partial charge in [0.25, 0.3) is 5.91 Å². The van der Waals surface area contributed by atoms with Gasteiger partial charge >= 0.3 is 5.97 Å². The van der Waals surface area contributed by atoms with Crippen molar-refractivity contribution in [3.8, 4) is 17.2 Å². The molecule has 0 aromatic heterocycles. The molecule has 11 heteroatoms. The summed E-state index contributed by atoms with van der Waals surface area (Å²) in [5.41, 5.74) is 0. The van der Waals surface area contributed by atoms with E-state index in [-0.39, 0.29) is 18.0 Å².